The Hall–Kier alpha value is -2.83. The summed E-state index contributed by atoms with van der Waals surface area (Å²) < 4.78 is 6.62. The van der Waals surface area contributed by atoms with Crippen LogP contribution in [0.25, 0.3) is 11.1 Å². The molecule has 1 aliphatic heterocycles. The SMILES string of the molecule is O=C(Cn1c(=O)oc2ccccc21)N1CCC[C@H](Cc2ccn[nH]2)C1. The second kappa shape index (κ2) is 6.58. The average molecular weight is 340 g/mol. The Morgan fingerprint density at radius 2 is 2.20 bits per heavy atom. The number of carbonyl (C=O) groups is 1. The van der Waals surface area contributed by atoms with E-state index in [9.17, 15) is 9.59 Å². The molecule has 0 spiro atoms. The summed E-state index contributed by atoms with van der Waals surface area (Å²) in [6.07, 6.45) is 4.71. The van der Waals surface area contributed by atoms with Crippen LogP contribution < -0.4 is 5.76 Å². The Balaban J connectivity index is 1.46. The first-order valence-electron chi connectivity index (χ1n) is 8.55. The van der Waals surface area contributed by atoms with Gasteiger partial charge in [0, 0.05) is 25.0 Å². The molecule has 7 heteroatoms. The number of H-pyrrole nitrogens is 1. The second-order valence-electron chi connectivity index (χ2n) is 6.56. The number of nitrogens with zero attached hydrogens (tertiary/aromatic N) is 3. The summed E-state index contributed by atoms with van der Waals surface area (Å²) >= 11 is 0. The summed E-state index contributed by atoms with van der Waals surface area (Å²) in [7, 11) is 0. The molecule has 0 bridgehead atoms. The summed E-state index contributed by atoms with van der Waals surface area (Å²) in [5.41, 5.74) is 2.26. The zero-order valence-electron chi connectivity index (χ0n) is 13.9. The van der Waals surface area contributed by atoms with Crippen LogP contribution in [0.4, 0.5) is 0 Å². The highest BCUT2D eigenvalue weighted by molar-refractivity contribution is 5.79. The van der Waals surface area contributed by atoms with Gasteiger partial charge < -0.3 is 9.32 Å². The molecule has 0 aliphatic carbocycles. The Morgan fingerprint density at radius 1 is 1.32 bits per heavy atom. The molecule has 3 heterocycles. The first-order valence-corrected chi connectivity index (χ1v) is 8.55. The van der Waals surface area contributed by atoms with Gasteiger partial charge in [-0.3, -0.25) is 14.5 Å². The van der Waals surface area contributed by atoms with Crippen molar-refractivity contribution < 1.29 is 9.21 Å². The highest BCUT2D eigenvalue weighted by Gasteiger charge is 2.25. The van der Waals surface area contributed by atoms with Gasteiger partial charge in [-0.2, -0.15) is 5.10 Å². The molecular weight excluding hydrogens is 320 g/mol. The van der Waals surface area contributed by atoms with Crippen LogP contribution >= 0.6 is 0 Å². The van der Waals surface area contributed by atoms with Gasteiger partial charge >= 0.3 is 5.76 Å². The molecule has 0 saturated carbocycles. The van der Waals surface area contributed by atoms with Crippen molar-refractivity contribution in [3.05, 3.63) is 52.8 Å². The second-order valence-corrected chi connectivity index (χ2v) is 6.56. The zero-order chi connectivity index (χ0) is 17.2. The number of nitrogens with one attached hydrogen (secondary N) is 1. The first kappa shape index (κ1) is 15.7. The summed E-state index contributed by atoms with van der Waals surface area (Å²) in [6, 6.07) is 9.14. The minimum atomic E-state index is -0.486. The molecule has 1 aliphatic rings. The van der Waals surface area contributed by atoms with E-state index in [4.69, 9.17) is 4.42 Å². The predicted octanol–water partition coefficient (Wildman–Crippen LogP) is 1.80. The topological polar surface area (TPSA) is 84.1 Å². The molecular formula is C18H20N4O3. The number of aromatic amines is 1. The third-order valence-corrected chi connectivity index (χ3v) is 4.81. The lowest BCUT2D eigenvalue weighted by Gasteiger charge is -2.32. The highest BCUT2D eigenvalue weighted by atomic mass is 16.4. The maximum Gasteiger partial charge on any atom is 0.420 e. The van der Waals surface area contributed by atoms with Crippen molar-refractivity contribution in [1.82, 2.24) is 19.7 Å². The quantitative estimate of drug-likeness (QED) is 0.785. The summed E-state index contributed by atoms with van der Waals surface area (Å²) in [6.45, 7) is 1.47. The molecule has 0 radical (unpaired) electrons. The van der Waals surface area contributed by atoms with Crippen molar-refractivity contribution >= 4 is 17.0 Å². The number of benzene rings is 1. The van der Waals surface area contributed by atoms with Crippen molar-refractivity contribution in [2.24, 2.45) is 5.92 Å². The minimum absolute atomic E-state index is 0.0205. The number of aromatic nitrogens is 3. The molecule has 1 amide bonds. The monoisotopic (exact) mass is 340 g/mol. The molecule has 7 nitrogen and oxygen atoms in total. The van der Waals surface area contributed by atoms with E-state index in [2.05, 4.69) is 10.2 Å². The normalized spacial score (nSPS) is 17.9. The molecule has 1 N–H and O–H groups in total. The average Bonchev–Trinajstić information content (AvgIpc) is 3.23. The van der Waals surface area contributed by atoms with Crippen LogP contribution in [0.2, 0.25) is 0 Å². The van der Waals surface area contributed by atoms with Crippen LogP contribution in [-0.2, 0) is 17.8 Å². The van der Waals surface area contributed by atoms with Crippen molar-refractivity contribution in [2.75, 3.05) is 13.1 Å². The lowest BCUT2D eigenvalue weighted by atomic mass is 9.93. The predicted molar refractivity (Wildman–Crippen MR) is 92.1 cm³/mol. The number of carbonyl (C=O) groups excluding carboxylic acids is 1. The van der Waals surface area contributed by atoms with Crippen LogP contribution in [0.15, 0.2) is 45.7 Å². The molecule has 1 fully saturated rings. The molecule has 2 aromatic heterocycles. The molecule has 4 rings (SSSR count). The number of amides is 1. The molecule has 1 aromatic carbocycles. The van der Waals surface area contributed by atoms with Crippen LogP contribution in [0, 0.1) is 5.92 Å². The molecule has 3 aromatic rings. The summed E-state index contributed by atoms with van der Waals surface area (Å²) in [5, 5.41) is 6.96. The third-order valence-electron chi connectivity index (χ3n) is 4.81. The van der Waals surface area contributed by atoms with E-state index in [1.807, 2.05) is 23.1 Å². The van der Waals surface area contributed by atoms with Gasteiger partial charge in [0.15, 0.2) is 5.58 Å². The maximum absolute atomic E-state index is 12.7. The van der Waals surface area contributed by atoms with Crippen LogP contribution in [0.5, 0.6) is 0 Å². The number of piperidine rings is 1. The highest BCUT2D eigenvalue weighted by Crippen LogP contribution is 2.21. The standard InChI is InChI=1S/C18H20N4O3/c23-17(12-22-15-5-1-2-6-16(15)25-18(22)24)21-9-3-4-13(11-21)10-14-7-8-19-20-14/h1-2,5-8,13H,3-4,9-12H2,(H,19,20)/t13-/m1/s1. The zero-order valence-corrected chi connectivity index (χ0v) is 13.9. The minimum Gasteiger partial charge on any atom is -0.408 e. The summed E-state index contributed by atoms with van der Waals surface area (Å²) in [4.78, 5) is 26.6. The van der Waals surface area contributed by atoms with Crippen LogP contribution in [0.3, 0.4) is 0 Å². The fraction of sp³-hybridized carbons (Fsp3) is 0.389. The van der Waals surface area contributed by atoms with Crippen molar-refractivity contribution in [2.45, 2.75) is 25.8 Å². The van der Waals surface area contributed by atoms with Gasteiger partial charge in [-0.1, -0.05) is 12.1 Å². The third kappa shape index (κ3) is 3.22. The molecule has 1 saturated heterocycles. The van der Waals surface area contributed by atoms with E-state index in [0.29, 0.717) is 23.6 Å². The van der Waals surface area contributed by atoms with Gasteiger partial charge in [0.2, 0.25) is 5.91 Å². The molecule has 130 valence electrons. The number of hydrogen-bond donors (Lipinski definition) is 1. The van der Waals surface area contributed by atoms with Crippen molar-refractivity contribution in [3.63, 3.8) is 0 Å². The van der Waals surface area contributed by atoms with E-state index in [0.717, 1.165) is 31.5 Å². The lowest BCUT2D eigenvalue weighted by molar-refractivity contribution is -0.133. The number of oxazole rings is 1. The Labute approximate surface area is 144 Å². The summed E-state index contributed by atoms with van der Waals surface area (Å²) in [5.74, 6) is -0.112. The van der Waals surface area contributed by atoms with Crippen molar-refractivity contribution in [3.8, 4) is 0 Å². The van der Waals surface area contributed by atoms with Crippen molar-refractivity contribution in [1.29, 1.82) is 0 Å². The molecule has 1 atom stereocenters. The molecule has 0 unspecified atom stereocenters. The Bertz CT molecular complexity index is 925. The lowest BCUT2D eigenvalue weighted by Crippen LogP contribution is -2.42. The van der Waals surface area contributed by atoms with Gasteiger partial charge in [0.25, 0.3) is 0 Å². The Kier molecular flexibility index (Phi) is 4.13. The van der Waals surface area contributed by atoms with Gasteiger partial charge in [0.1, 0.15) is 6.54 Å². The van der Waals surface area contributed by atoms with E-state index in [1.54, 1.807) is 18.3 Å². The number of rotatable bonds is 4. The number of hydrogen-bond acceptors (Lipinski definition) is 4. The number of likely N-dealkylation sites (tertiary alicyclic amines) is 1. The maximum atomic E-state index is 12.7. The first-order chi connectivity index (χ1) is 12.2. The van der Waals surface area contributed by atoms with E-state index in [1.165, 1.54) is 4.57 Å². The fourth-order valence-corrected chi connectivity index (χ4v) is 3.57. The number of fused-ring (bicyclic) bond motifs is 1. The van der Waals surface area contributed by atoms with Gasteiger partial charge in [-0.25, -0.2) is 4.79 Å². The smallest absolute Gasteiger partial charge is 0.408 e. The largest absolute Gasteiger partial charge is 0.420 e. The molecule has 25 heavy (non-hydrogen) atoms. The Morgan fingerprint density at radius 3 is 3.04 bits per heavy atom. The van der Waals surface area contributed by atoms with E-state index >= 15 is 0 Å². The van der Waals surface area contributed by atoms with E-state index in [-0.39, 0.29) is 12.5 Å². The van der Waals surface area contributed by atoms with E-state index < -0.39 is 5.76 Å². The van der Waals surface area contributed by atoms with Gasteiger partial charge in [-0.15, -0.1) is 0 Å². The van der Waals surface area contributed by atoms with Gasteiger partial charge in [0.05, 0.1) is 5.52 Å². The fourth-order valence-electron chi connectivity index (χ4n) is 3.57. The van der Waals surface area contributed by atoms with Crippen LogP contribution in [0.1, 0.15) is 18.5 Å². The van der Waals surface area contributed by atoms with Gasteiger partial charge in [-0.05, 0) is 43.4 Å². The van der Waals surface area contributed by atoms with Crippen LogP contribution in [-0.4, -0.2) is 38.7 Å². The number of para-hydroxylation sites is 2.